The largest absolute Gasteiger partial charge is 0.339 e. The zero-order valence-electron chi connectivity index (χ0n) is 12.7. The van der Waals surface area contributed by atoms with Gasteiger partial charge in [-0.25, -0.2) is 0 Å². The first kappa shape index (κ1) is 13.1. The molecule has 3 nitrogen and oxygen atoms in total. The molecule has 4 fully saturated rings. The first-order chi connectivity index (χ1) is 9.76. The predicted octanol–water partition coefficient (Wildman–Crippen LogP) is 2.27. The number of carbonyl (C=O) groups is 1. The Labute approximate surface area is 122 Å². The maximum absolute atomic E-state index is 12.8. The minimum Gasteiger partial charge on any atom is -0.339 e. The fourth-order valence-corrected chi connectivity index (χ4v) is 5.80. The molecule has 2 saturated heterocycles. The van der Waals surface area contributed by atoms with E-state index in [0.29, 0.717) is 11.9 Å². The van der Waals surface area contributed by atoms with Crippen LogP contribution in [0, 0.1) is 29.6 Å². The molecule has 0 aromatic rings. The third-order valence-electron chi connectivity index (χ3n) is 6.78. The number of carbonyl (C=O) groups excluding carboxylic acids is 1. The summed E-state index contributed by atoms with van der Waals surface area (Å²) in [6, 6.07) is 0.515. The minimum atomic E-state index is 0.476. The van der Waals surface area contributed by atoms with Gasteiger partial charge in [-0.1, -0.05) is 13.3 Å². The average molecular weight is 276 g/mol. The quantitative estimate of drug-likeness (QED) is 0.857. The van der Waals surface area contributed by atoms with Crippen LogP contribution in [0.5, 0.6) is 0 Å². The van der Waals surface area contributed by atoms with Gasteiger partial charge < -0.3 is 10.2 Å². The molecule has 6 atom stereocenters. The summed E-state index contributed by atoms with van der Waals surface area (Å²) in [5.41, 5.74) is 0. The van der Waals surface area contributed by atoms with Gasteiger partial charge in [0.1, 0.15) is 0 Å². The van der Waals surface area contributed by atoms with Crippen molar-refractivity contribution in [1.82, 2.24) is 10.2 Å². The Bertz CT molecular complexity index is 396. The highest BCUT2D eigenvalue weighted by Crippen LogP contribution is 2.50. The molecule has 1 amide bonds. The first-order valence-corrected chi connectivity index (χ1v) is 8.76. The smallest absolute Gasteiger partial charge is 0.223 e. The van der Waals surface area contributed by atoms with E-state index in [-0.39, 0.29) is 0 Å². The Morgan fingerprint density at radius 2 is 2.10 bits per heavy atom. The molecule has 1 N–H and O–H groups in total. The van der Waals surface area contributed by atoms with Crippen LogP contribution in [-0.2, 0) is 4.79 Å². The minimum absolute atomic E-state index is 0.476. The first-order valence-electron chi connectivity index (χ1n) is 8.76. The van der Waals surface area contributed by atoms with E-state index in [1.54, 1.807) is 0 Å². The van der Waals surface area contributed by atoms with Crippen LogP contribution < -0.4 is 5.32 Å². The lowest BCUT2D eigenvalue weighted by molar-refractivity contribution is -0.134. The lowest BCUT2D eigenvalue weighted by Gasteiger charge is -2.29. The summed E-state index contributed by atoms with van der Waals surface area (Å²) >= 11 is 0. The van der Waals surface area contributed by atoms with Gasteiger partial charge in [0.2, 0.25) is 5.91 Å². The van der Waals surface area contributed by atoms with Gasteiger partial charge in [0.05, 0.1) is 0 Å². The Hall–Kier alpha value is -0.570. The summed E-state index contributed by atoms with van der Waals surface area (Å²) in [7, 11) is 0. The van der Waals surface area contributed by atoms with Crippen molar-refractivity contribution in [3.8, 4) is 0 Å². The van der Waals surface area contributed by atoms with Crippen molar-refractivity contribution >= 4 is 5.91 Å². The van der Waals surface area contributed by atoms with Crippen molar-refractivity contribution < 1.29 is 4.79 Å². The molecule has 20 heavy (non-hydrogen) atoms. The lowest BCUT2D eigenvalue weighted by atomic mass is 9.86. The predicted molar refractivity (Wildman–Crippen MR) is 79.2 cm³/mol. The van der Waals surface area contributed by atoms with Crippen LogP contribution in [0.1, 0.15) is 45.4 Å². The molecule has 6 unspecified atom stereocenters. The molecular weight excluding hydrogens is 248 g/mol. The molecular formula is C17H28N2O. The van der Waals surface area contributed by atoms with Crippen LogP contribution in [0.15, 0.2) is 0 Å². The summed E-state index contributed by atoms with van der Waals surface area (Å²) in [5, 5.41) is 3.51. The molecule has 0 spiro atoms. The van der Waals surface area contributed by atoms with Crippen LogP contribution in [-0.4, -0.2) is 36.5 Å². The second-order valence-corrected chi connectivity index (χ2v) is 7.74. The molecule has 2 bridgehead atoms. The van der Waals surface area contributed by atoms with Crippen molar-refractivity contribution in [1.29, 1.82) is 0 Å². The van der Waals surface area contributed by atoms with Gasteiger partial charge >= 0.3 is 0 Å². The van der Waals surface area contributed by atoms with E-state index < -0.39 is 0 Å². The maximum atomic E-state index is 12.8. The van der Waals surface area contributed by atoms with E-state index in [4.69, 9.17) is 0 Å². The Morgan fingerprint density at radius 1 is 1.20 bits per heavy atom. The zero-order chi connectivity index (χ0) is 13.7. The summed E-state index contributed by atoms with van der Waals surface area (Å²) in [6.07, 6.45) is 7.58. The van der Waals surface area contributed by atoms with Crippen molar-refractivity contribution in [3.05, 3.63) is 0 Å². The number of hydrogen-bond donors (Lipinski definition) is 1. The van der Waals surface area contributed by atoms with Gasteiger partial charge in [0.15, 0.2) is 0 Å². The normalized spacial score (nSPS) is 46.1. The van der Waals surface area contributed by atoms with Crippen LogP contribution >= 0.6 is 0 Å². The second-order valence-electron chi connectivity index (χ2n) is 7.74. The summed E-state index contributed by atoms with van der Waals surface area (Å²) < 4.78 is 0. The van der Waals surface area contributed by atoms with Gasteiger partial charge in [-0.2, -0.15) is 0 Å². The highest BCUT2D eigenvalue weighted by molar-refractivity contribution is 5.77. The van der Waals surface area contributed by atoms with E-state index in [2.05, 4.69) is 17.1 Å². The van der Waals surface area contributed by atoms with Gasteiger partial charge in [-0.15, -0.1) is 0 Å². The van der Waals surface area contributed by atoms with Gasteiger partial charge in [-0.05, 0) is 55.3 Å². The molecule has 4 aliphatic rings. The van der Waals surface area contributed by atoms with Crippen molar-refractivity contribution in [2.24, 2.45) is 29.6 Å². The Kier molecular flexibility index (Phi) is 3.29. The molecule has 2 saturated carbocycles. The molecule has 0 aromatic heterocycles. The van der Waals surface area contributed by atoms with Gasteiger partial charge in [-0.3, -0.25) is 4.79 Å². The molecule has 4 rings (SSSR count). The molecule has 112 valence electrons. The highest BCUT2D eigenvalue weighted by atomic mass is 16.2. The van der Waals surface area contributed by atoms with Crippen LogP contribution in [0.2, 0.25) is 0 Å². The Balaban J connectivity index is 1.41. The monoisotopic (exact) mass is 276 g/mol. The van der Waals surface area contributed by atoms with Crippen LogP contribution in [0.3, 0.4) is 0 Å². The Morgan fingerprint density at radius 3 is 2.80 bits per heavy atom. The highest BCUT2D eigenvalue weighted by Gasteiger charge is 2.46. The van der Waals surface area contributed by atoms with Gasteiger partial charge in [0.25, 0.3) is 0 Å². The SMILES string of the molecule is CCC1C2CNCC2CN1C(=O)CC1CC2CCC1C2. The molecule has 0 radical (unpaired) electrons. The van der Waals surface area contributed by atoms with Crippen molar-refractivity contribution in [2.75, 3.05) is 19.6 Å². The third-order valence-corrected chi connectivity index (χ3v) is 6.78. The summed E-state index contributed by atoms with van der Waals surface area (Å²) in [4.78, 5) is 15.0. The fourth-order valence-electron chi connectivity index (χ4n) is 5.80. The number of nitrogens with one attached hydrogen (secondary N) is 1. The molecule has 3 heteroatoms. The second kappa shape index (κ2) is 5.01. The topological polar surface area (TPSA) is 32.3 Å². The molecule has 2 aliphatic carbocycles. The number of fused-ring (bicyclic) bond motifs is 3. The fraction of sp³-hybridized carbons (Fsp3) is 0.941. The van der Waals surface area contributed by atoms with Crippen molar-refractivity contribution in [3.63, 3.8) is 0 Å². The van der Waals surface area contributed by atoms with E-state index in [1.165, 1.54) is 25.7 Å². The zero-order valence-corrected chi connectivity index (χ0v) is 12.7. The lowest BCUT2D eigenvalue weighted by Crippen LogP contribution is -2.40. The molecule has 2 aliphatic heterocycles. The van der Waals surface area contributed by atoms with E-state index in [1.807, 2.05) is 0 Å². The van der Waals surface area contributed by atoms with Crippen LogP contribution in [0.25, 0.3) is 0 Å². The van der Waals surface area contributed by atoms with Crippen molar-refractivity contribution in [2.45, 2.75) is 51.5 Å². The number of hydrogen-bond acceptors (Lipinski definition) is 2. The number of rotatable bonds is 3. The number of amides is 1. The van der Waals surface area contributed by atoms with Gasteiger partial charge in [0, 0.05) is 32.1 Å². The third kappa shape index (κ3) is 2.01. The maximum Gasteiger partial charge on any atom is 0.223 e. The number of nitrogens with zero attached hydrogens (tertiary/aromatic N) is 1. The molecule has 2 heterocycles. The van der Waals surface area contributed by atoms with E-state index in [0.717, 1.165) is 62.1 Å². The number of likely N-dealkylation sites (tertiary alicyclic amines) is 1. The van der Waals surface area contributed by atoms with Crippen LogP contribution in [0.4, 0.5) is 0 Å². The molecule has 0 aromatic carbocycles. The summed E-state index contributed by atoms with van der Waals surface area (Å²) in [5.74, 6) is 4.49. The van der Waals surface area contributed by atoms with E-state index in [9.17, 15) is 4.79 Å². The average Bonchev–Trinajstić information content (AvgIpc) is 3.17. The van der Waals surface area contributed by atoms with E-state index >= 15 is 0 Å². The standard InChI is InChI=1S/C17H28N2O/c1-2-16-15-9-18-8-14(15)10-19(16)17(20)7-13-6-11-3-4-12(13)5-11/h11-16,18H,2-10H2,1H3. The summed E-state index contributed by atoms with van der Waals surface area (Å²) in [6.45, 7) is 5.53.